The Hall–Kier alpha value is -1.15. The predicted octanol–water partition coefficient (Wildman–Crippen LogP) is 2.05. The highest BCUT2D eigenvalue weighted by molar-refractivity contribution is 5.74. The van der Waals surface area contributed by atoms with E-state index in [0.29, 0.717) is 0 Å². The molecule has 0 unspecified atom stereocenters. The molecule has 0 atom stereocenters. The summed E-state index contributed by atoms with van der Waals surface area (Å²) in [5.74, 6) is 0. The van der Waals surface area contributed by atoms with Gasteiger partial charge in [-0.25, -0.2) is 0 Å². The molecular weight excluding hydrogens is 174 g/mol. The van der Waals surface area contributed by atoms with E-state index in [1.807, 2.05) is 12.1 Å². The van der Waals surface area contributed by atoms with Gasteiger partial charge in [0.15, 0.2) is 0 Å². The van der Waals surface area contributed by atoms with Crippen LogP contribution in [0.15, 0.2) is 24.3 Å². The molecule has 0 N–H and O–H groups in total. The molecule has 14 heavy (non-hydrogen) atoms. The number of benzene rings is 1. The lowest BCUT2D eigenvalue weighted by molar-refractivity contribution is 0.112. The van der Waals surface area contributed by atoms with E-state index in [2.05, 4.69) is 31.1 Å². The van der Waals surface area contributed by atoms with Crippen LogP contribution >= 0.6 is 0 Å². The van der Waals surface area contributed by atoms with Crippen LogP contribution in [-0.2, 0) is 5.54 Å². The lowest BCUT2D eigenvalue weighted by atomic mass is 10.0. The van der Waals surface area contributed by atoms with Gasteiger partial charge in [-0.15, -0.1) is 0 Å². The Bertz CT molecular complexity index is 336. The van der Waals surface area contributed by atoms with Crippen LogP contribution in [0.25, 0.3) is 0 Å². The van der Waals surface area contributed by atoms with Gasteiger partial charge in [-0.3, -0.25) is 9.69 Å². The van der Waals surface area contributed by atoms with Crippen LogP contribution in [-0.4, -0.2) is 25.3 Å². The molecule has 1 aliphatic carbocycles. The van der Waals surface area contributed by atoms with E-state index < -0.39 is 0 Å². The molecule has 1 aromatic carbocycles. The number of hydrogen-bond acceptors (Lipinski definition) is 2. The summed E-state index contributed by atoms with van der Waals surface area (Å²) in [6, 6.07) is 7.92. The molecule has 2 rings (SSSR count). The number of aldehydes is 1. The van der Waals surface area contributed by atoms with Gasteiger partial charge >= 0.3 is 0 Å². The van der Waals surface area contributed by atoms with Gasteiger partial charge in [0.05, 0.1) is 0 Å². The SMILES string of the molecule is CN(C)C1(c2ccc(C=O)cc2)CC1. The number of carbonyl (C=O) groups is 1. The highest BCUT2D eigenvalue weighted by Gasteiger charge is 2.46. The highest BCUT2D eigenvalue weighted by atomic mass is 16.1. The highest BCUT2D eigenvalue weighted by Crippen LogP contribution is 2.49. The van der Waals surface area contributed by atoms with Crippen LogP contribution in [0.3, 0.4) is 0 Å². The van der Waals surface area contributed by atoms with Crippen molar-refractivity contribution in [3.05, 3.63) is 35.4 Å². The average Bonchev–Trinajstić information content (AvgIpc) is 2.99. The zero-order chi connectivity index (χ0) is 10.2. The third kappa shape index (κ3) is 1.36. The van der Waals surface area contributed by atoms with Crippen molar-refractivity contribution in [3.63, 3.8) is 0 Å². The van der Waals surface area contributed by atoms with Gasteiger partial charge in [0, 0.05) is 11.1 Å². The van der Waals surface area contributed by atoms with Gasteiger partial charge < -0.3 is 0 Å². The summed E-state index contributed by atoms with van der Waals surface area (Å²) in [4.78, 5) is 12.8. The molecule has 0 saturated heterocycles. The Morgan fingerprint density at radius 2 is 1.79 bits per heavy atom. The Balaban J connectivity index is 2.29. The maximum absolute atomic E-state index is 10.5. The fourth-order valence-corrected chi connectivity index (χ4v) is 1.98. The van der Waals surface area contributed by atoms with Gasteiger partial charge in [0.25, 0.3) is 0 Å². The quantitative estimate of drug-likeness (QED) is 0.678. The molecule has 0 spiro atoms. The van der Waals surface area contributed by atoms with Crippen molar-refractivity contribution in [2.75, 3.05) is 14.1 Å². The van der Waals surface area contributed by atoms with Gasteiger partial charge in [-0.2, -0.15) is 0 Å². The third-order valence-corrected chi connectivity index (χ3v) is 3.16. The molecular formula is C12H15NO. The van der Waals surface area contributed by atoms with Crippen LogP contribution in [0.5, 0.6) is 0 Å². The van der Waals surface area contributed by atoms with Crippen molar-refractivity contribution in [2.45, 2.75) is 18.4 Å². The number of rotatable bonds is 3. The van der Waals surface area contributed by atoms with Gasteiger partial charge in [-0.05, 0) is 32.5 Å². The van der Waals surface area contributed by atoms with Crippen LogP contribution in [0, 0.1) is 0 Å². The first-order valence-electron chi connectivity index (χ1n) is 4.92. The second kappa shape index (κ2) is 3.21. The third-order valence-electron chi connectivity index (χ3n) is 3.16. The second-order valence-electron chi connectivity index (χ2n) is 4.17. The van der Waals surface area contributed by atoms with Crippen molar-refractivity contribution in [1.82, 2.24) is 4.90 Å². The van der Waals surface area contributed by atoms with Crippen LogP contribution in [0.2, 0.25) is 0 Å². The van der Waals surface area contributed by atoms with Crippen LogP contribution < -0.4 is 0 Å². The maximum Gasteiger partial charge on any atom is 0.150 e. The molecule has 0 aromatic heterocycles. The van der Waals surface area contributed by atoms with Crippen molar-refractivity contribution in [2.24, 2.45) is 0 Å². The fourth-order valence-electron chi connectivity index (χ4n) is 1.98. The molecule has 2 heteroatoms. The van der Waals surface area contributed by atoms with E-state index in [4.69, 9.17) is 0 Å². The minimum atomic E-state index is 0.251. The lowest BCUT2D eigenvalue weighted by Gasteiger charge is -2.24. The summed E-state index contributed by atoms with van der Waals surface area (Å²) in [5.41, 5.74) is 2.33. The fraction of sp³-hybridized carbons (Fsp3) is 0.417. The van der Waals surface area contributed by atoms with Crippen molar-refractivity contribution in [1.29, 1.82) is 0 Å². The van der Waals surface area contributed by atoms with Crippen molar-refractivity contribution >= 4 is 6.29 Å². The maximum atomic E-state index is 10.5. The smallest absolute Gasteiger partial charge is 0.150 e. The second-order valence-corrected chi connectivity index (χ2v) is 4.17. The molecule has 1 fully saturated rings. The molecule has 0 heterocycles. The summed E-state index contributed by atoms with van der Waals surface area (Å²) in [6.07, 6.45) is 3.33. The largest absolute Gasteiger partial charge is 0.300 e. The number of nitrogens with zero attached hydrogens (tertiary/aromatic N) is 1. The van der Waals surface area contributed by atoms with E-state index in [9.17, 15) is 4.79 Å². The standard InChI is InChI=1S/C12H15NO/c1-13(2)12(7-8-12)11-5-3-10(9-14)4-6-11/h3-6,9H,7-8H2,1-2H3. The molecule has 1 saturated carbocycles. The normalized spacial score (nSPS) is 18.2. The van der Waals surface area contributed by atoms with E-state index >= 15 is 0 Å². The summed E-state index contributed by atoms with van der Waals surface area (Å²) >= 11 is 0. The number of hydrogen-bond donors (Lipinski definition) is 0. The van der Waals surface area contributed by atoms with E-state index in [0.717, 1.165) is 11.8 Å². The molecule has 0 aliphatic heterocycles. The first-order chi connectivity index (χ1) is 6.69. The van der Waals surface area contributed by atoms with Gasteiger partial charge in [-0.1, -0.05) is 24.3 Å². The van der Waals surface area contributed by atoms with Crippen LogP contribution in [0.4, 0.5) is 0 Å². The van der Waals surface area contributed by atoms with Crippen molar-refractivity contribution in [3.8, 4) is 0 Å². The average molecular weight is 189 g/mol. The minimum Gasteiger partial charge on any atom is -0.300 e. The minimum absolute atomic E-state index is 0.251. The van der Waals surface area contributed by atoms with E-state index in [1.54, 1.807) is 0 Å². The van der Waals surface area contributed by atoms with E-state index in [-0.39, 0.29) is 5.54 Å². The first kappa shape index (κ1) is 9.41. The molecule has 0 amide bonds. The predicted molar refractivity (Wildman–Crippen MR) is 56.4 cm³/mol. The van der Waals surface area contributed by atoms with Gasteiger partial charge in [0.1, 0.15) is 6.29 Å². The summed E-state index contributed by atoms with van der Waals surface area (Å²) < 4.78 is 0. The molecule has 74 valence electrons. The Kier molecular flexibility index (Phi) is 2.16. The zero-order valence-electron chi connectivity index (χ0n) is 8.66. The molecule has 2 nitrogen and oxygen atoms in total. The zero-order valence-corrected chi connectivity index (χ0v) is 8.66. The summed E-state index contributed by atoms with van der Waals surface area (Å²) in [6.45, 7) is 0. The first-order valence-corrected chi connectivity index (χ1v) is 4.92. The monoisotopic (exact) mass is 189 g/mol. The van der Waals surface area contributed by atoms with Crippen molar-refractivity contribution < 1.29 is 4.79 Å². The van der Waals surface area contributed by atoms with E-state index in [1.165, 1.54) is 18.4 Å². The Labute approximate surface area is 84.5 Å². The summed E-state index contributed by atoms with van der Waals surface area (Å²) in [7, 11) is 4.22. The lowest BCUT2D eigenvalue weighted by Crippen LogP contribution is -2.27. The Morgan fingerprint density at radius 3 is 2.14 bits per heavy atom. The molecule has 0 bridgehead atoms. The van der Waals surface area contributed by atoms with Gasteiger partial charge in [0.2, 0.25) is 0 Å². The molecule has 0 radical (unpaired) electrons. The Morgan fingerprint density at radius 1 is 1.21 bits per heavy atom. The molecule has 1 aliphatic rings. The van der Waals surface area contributed by atoms with Crippen LogP contribution in [0.1, 0.15) is 28.8 Å². The topological polar surface area (TPSA) is 20.3 Å². The summed E-state index contributed by atoms with van der Waals surface area (Å²) in [5, 5.41) is 0. The molecule has 1 aromatic rings. The number of carbonyl (C=O) groups excluding carboxylic acids is 1.